The molecule has 11 heteroatoms. The van der Waals surface area contributed by atoms with Gasteiger partial charge in [0.15, 0.2) is 0 Å². The largest absolute Gasteiger partial charge is 0.506 e. The Kier molecular flexibility index (Phi) is 4.20. The number of phenolic OH excluding ortho intramolecular Hbond substituents is 2. The molecule has 0 amide bonds. The van der Waals surface area contributed by atoms with Gasteiger partial charge in [0.1, 0.15) is 11.5 Å². The van der Waals surface area contributed by atoms with Crippen molar-refractivity contribution in [3.8, 4) is 11.5 Å². The summed E-state index contributed by atoms with van der Waals surface area (Å²) in [7, 11) is -4.49. The van der Waals surface area contributed by atoms with Gasteiger partial charge in [-0.05, 0) is 12.1 Å². The van der Waals surface area contributed by atoms with E-state index in [1.807, 2.05) is 0 Å². The normalized spacial score (nSPS) is 11.2. The molecule has 0 aliphatic carbocycles. The Hall–Kier alpha value is -3.47. The highest BCUT2D eigenvalue weighted by Gasteiger charge is 2.26. The van der Waals surface area contributed by atoms with Crippen molar-refractivity contribution in [1.29, 1.82) is 0 Å². The maximum atomic E-state index is 12.6. The topological polar surface area (TPSA) is 201 Å². The Balaban J connectivity index is 2.76. The van der Waals surface area contributed by atoms with Crippen LogP contribution in [0.2, 0.25) is 0 Å². The van der Waals surface area contributed by atoms with Crippen LogP contribution in [0, 0.1) is 0 Å². The molecule has 25 heavy (non-hydrogen) atoms. The van der Waals surface area contributed by atoms with E-state index in [2.05, 4.69) is 0 Å². The van der Waals surface area contributed by atoms with E-state index in [-0.39, 0.29) is 0 Å². The molecule has 0 aliphatic rings. The van der Waals surface area contributed by atoms with Gasteiger partial charge < -0.3 is 31.9 Å². The molecule has 0 saturated heterocycles. The van der Waals surface area contributed by atoms with Crippen molar-refractivity contribution >= 4 is 33.2 Å². The summed E-state index contributed by atoms with van der Waals surface area (Å²) >= 11 is 0. The number of aromatic carboxylic acids is 2. The molecule has 0 fully saturated rings. The number of carboxylic acid groups (broad SMARTS) is 2. The van der Waals surface area contributed by atoms with E-state index < -0.39 is 65.6 Å². The van der Waals surface area contributed by atoms with Crippen LogP contribution in [0.5, 0.6) is 11.5 Å². The van der Waals surface area contributed by atoms with Gasteiger partial charge in [-0.25, -0.2) is 18.0 Å². The Bertz CT molecular complexity index is 938. The predicted octanol–water partition coefficient (Wildman–Crippen LogP) is 0.491. The summed E-state index contributed by atoms with van der Waals surface area (Å²) < 4.78 is 25.2. The first-order chi connectivity index (χ1) is 11.5. The van der Waals surface area contributed by atoms with E-state index in [0.29, 0.717) is 24.3 Å². The van der Waals surface area contributed by atoms with Crippen LogP contribution in [0.15, 0.2) is 34.1 Å². The molecule has 0 aromatic heterocycles. The summed E-state index contributed by atoms with van der Waals surface area (Å²) in [6, 6.07) is 2.84. The van der Waals surface area contributed by atoms with Gasteiger partial charge in [-0.15, -0.1) is 0 Å². The van der Waals surface area contributed by atoms with E-state index in [1.165, 1.54) is 0 Å². The summed E-state index contributed by atoms with van der Waals surface area (Å²) in [5.41, 5.74) is 8.39. The van der Waals surface area contributed by atoms with Gasteiger partial charge in [-0.1, -0.05) is 0 Å². The number of hydrogen-bond acceptors (Lipinski definition) is 8. The number of anilines is 2. The molecule has 10 nitrogen and oxygen atoms in total. The van der Waals surface area contributed by atoms with Gasteiger partial charge in [-0.2, -0.15) is 0 Å². The fraction of sp³-hybridized carbons (Fsp3) is 0. The zero-order chi connectivity index (χ0) is 19.1. The molecular formula is C14H12N2O8S. The Morgan fingerprint density at radius 1 is 0.760 bits per heavy atom. The number of rotatable bonds is 4. The number of nitrogen functional groups attached to an aromatic ring is 2. The van der Waals surface area contributed by atoms with E-state index in [1.54, 1.807) is 0 Å². The Labute approximate surface area is 140 Å². The summed E-state index contributed by atoms with van der Waals surface area (Å²) in [5, 5.41) is 37.4. The molecule has 8 N–H and O–H groups in total. The van der Waals surface area contributed by atoms with Crippen LogP contribution < -0.4 is 11.5 Å². The summed E-state index contributed by atoms with van der Waals surface area (Å²) in [6.45, 7) is 0. The first-order valence-corrected chi connectivity index (χ1v) is 7.91. The summed E-state index contributed by atoms with van der Waals surface area (Å²) in [4.78, 5) is 20.9. The second-order valence-electron chi connectivity index (χ2n) is 4.92. The number of sulfone groups is 1. The van der Waals surface area contributed by atoms with Gasteiger partial charge in [-0.3, -0.25) is 0 Å². The fourth-order valence-corrected chi connectivity index (χ4v) is 3.38. The predicted molar refractivity (Wildman–Crippen MR) is 84.4 cm³/mol. The molecule has 0 radical (unpaired) electrons. The van der Waals surface area contributed by atoms with Gasteiger partial charge >= 0.3 is 11.9 Å². The minimum absolute atomic E-state index is 0.530. The minimum Gasteiger partial charge on any atom is -0.506 e. The van der Waals surface area contributed by atoms with Crippen molar-refractivity contribution in [2.24, 2.45) is 0 Å². The molecule has 132 valence electrons. The van der Waals surface area contributed by atoms with Crippen molar-refractivity contribution in [2.45, 2.75) is 9.79 Å². The van der Waals surface area contributed by atoms with Crippen LogP contribution in [-0.4, -0.2) is 40.8 Å². The van der Waals surface area contributed by atoms with Crippen LogP contribution in [0.25, 0.3) is 0 Å². The highest BCUT2D eigenvalue weighted by molar-refractivity contribution is 7.91. The maximum Gasteiger partial charge on any atom is 0.337 e. The molecule has 0 spiro atoms. The second-order valence-corrected chi connectivity index (χ2v) is 6.87. The maximum absolute atomic E-state index is 12.6. The Morgan fingerprint density at radius 3 is 1.36 bits per heavy atom. The molecule has 0 bridgehead atoms. The fourth-order valence-electron chi connectivity index (χ4n) is 2.02. The van der Waals surface area contributed by atoms with Crippen molar-refractivity contribution < 1.29 is 38.4 Å². The number of benzene rings is 2. The van der Waals surface area contributed by atoms with E-state index >= 15 is 0 Å². The molecule has 0 saturated carbocycles. The molecule has 2 aromatic carbocycles. The first-order valence-electron chi connectivity index (χ1n) is 6.43. The van der Waals surface area contributed by atoms with Crippen molar-refractivity contribution in [3.05, 3.63) is 35.4 Å². The number of carbonyl (C=O) groups is 2. The van der Waals surface area contributed by atoms with Gasteiger partial charge in [0.2, 0.25) is 9.84 Å². The average molecular weight is 368 g/mol. The monoisotopic (exact) mass is 368 g/mol. The number of aromatic hydroxyl groups is 2. The molecule has 0 aliphatic heterocycles. The van der Waals surface area contributed by atoms with E-state index in [4.69, 9.17) is 21.7 Å². The van der Waals surface area contributed by atoms with Crippen LogP contribution in [-0.2, 0) is 9.84 Å². The third-order valence-corrected chi connectivity index (χ3v) is 5.06. The van der Waals surface area contributed by atoms with Crippen LogP contribution in [0.3, 0.4) is 0 Å². The van der Waals surface area contributed by atoms with Crippen molar-refractivity contribution in [2.75, 3.05) is 11.5 Å². The number of carboxylic acids is 2. The zero-order valence-electron chi connectivity index (χ0n) is 12.3. The number of nitrogens with two attached hydrogens (primary N) is 2. The molecule has 0 heterocycles. The lowest BCUT2D eigenvalue weighted by Gasteiger charge is -2.11. The summed E-state index contributed by atoms with van der Waals surface area (Å²) in [5.74, 6) is -4.71. The lowest BCUT2D eigenvalue weighted by atomic mass is 10.1. The molecule has 2 rings (SSSR count). The van der Waals surface area contributed by atoms with Crippen molar-refractivity contribution in [3.63, 3.8) is 0 Å². The van der Waals surface area contributed by atoms with Gasteiger partial charge in [0.25, 0.3) is 0 Å². The SMILES string of the molecule is Nc1c(O)cc(S(=O)(=O)c2cc(O)c(N)c(C(=O)O)c2)cc1C(=O)O. The first kappa shape index (κ1) is 17.9. The zero-order valence-corrected chi connectivity index (χ0v) is 13.1. The van der Waals surface area contributed by atoms with E-state index in [0.717, 1.165) is 0 Å². The van der Waals surface area contributed by atoms with Crippen molar-refractivity contribution in [1.82, 2.24) is 0 Å². The summed E-state index contributed by atoms with van der Waals surface area (Å²) in [6.07, 6.45) is 0. The van der Waals surface area contributed by atoms with Gasteiger partial charge in [0.05, 0.1) is 32.3 Å². The quantitative estimate of drug-likeness (QED) is 0.325. The standard InChI is InChI=1S/C14H12N2O8S/c15-11-7(13(19)20)1-5(3-9(11)17)25(23,24)6-2-8(14(21)22)12(16)10(18)4-6/h1-4,17-18H,15-16H2,(H,19,20)(H,21,22). The molecule has 0 unspecified atom stereocenters. The van der Waals surface area contributed by atoms with E-state index in [9.17, 15) is 28.2 Å². The third kappa shape index (κ3) is 2.99. The van der Waals surface area contributed by atoms with Crippen LogP contribution in [0.4, 0.5) is 11.4 Å². The number of phenols is 2. The second kappa shape index (κ2) is 5.87. The molecule has 2 aromatic rings. The number of hydrogen-bond donors (Lipinski definition) is 6. The molecular weight excluding hydrogens is 356 g/mol. The highest BCUT2D eigenvalue weighted by Crippen LogP contribution is 2.34. The Morgan fingerprint density at radius 2 is 1.08 bits per heavy atom. The smallest absolute Gasteiger partial charge is 0.337 e. The van der Waals surface area contributed by atoms with Gasteiger partial charge in [0, 0.05) is 12.1 Å². The lowest BCUT2D eigenvalue weighted by molar-refractivity contribution is 0.0686. The third-order valence-electron chi connectivity index (χ3n) is 3.34. The van der Waals surface area contributed by atoms with Crippen LogP contribution >= 0.6 is 0 Å². The minimum atomic E-state index is -4.49. The van der Waals surface area contributed by atoms with Crippen LogP contribution in [0.1, 0.15) is 20.7 Å². The highest BCUT2D eigenvalue weighted by atomic mass is 32.2. The lowest BCUT2D eigenvalue weighted by Crippen LogP contribution is -2.10. The molecule has 0 atom stereocenters. The average Bonchev–Trinajstić information content (AvgIpc) is 2.51.